The number of benzene rings is 1. The number of aliphatic hydroxyl groups excluding tert-OH is 1. The minimum Gasteiger partial charge on any atom is -0.388 e. The fourth-order valence-corrected chi connectivity index (χ4v) is 2.41. The minimum absolute atomic E-state index is 0.187. The molecule has 18 heavy (non-hydrogen) atoms. The topological polar surface area (TPSA) is 20.2 Å². The number of hydrogen-bond acceptors (Lipinski definition) is 1. The van der Waals surface area contributed by atoms with E-state index in [-0.39, 0.29) is 5.41 Å². The first-order valence-corrected chi connectivity index (χ1v) is 6.31. The molecule has 1 N–H and O–H groups in total. The summed E-state index contributed by atoms with van der Waals surface area (Å²) in [5.41, 5.74) is 0.500. The SMILES string of the molecule is CC(CC(O)c1cc(F)cc(F)c1)CC(C)(C)C. The summed E-state index contributed by atoms with van der Waals surface area (Å²) in [6, 6.07) is 3.20. The van der Waals surface area contributed by atoms with Crippen molar-refractivity contribution in [1.82, 2.24) is 0 Å². The summed E-state index contributed by atoms with van der Waals surface area (Å²) < 4.78 is 26.1. The Hall–Kier alpha value is -0.960. The molecule has 0 aliphatic carbocycles. The van der Waals surface area contributed by atoms with Gasteiger partial charge in [-0.1, -0.05) is 27.7 Å². The Bertz CT molecular complexity index is 376. The van der Waals surface area contributed by atoms with Crippen LogP contribution < -0.4 is 0 Å². The van der Waals surface area contributed by atoms with Gasteiger partial charge in [0.05, 0.1) is 6.10 Å². The monoisotopic (exact) mass is 256 g/mol. The van der Waals surface area contributed by atoms with E-state index in [2.05, 4.69) is 20.8 Å². The molecule has 0 heterocycles. The Morgan fingerprint density at radius 3 is 2.06 bits per heavy atom. The second-order valence-corrected chi connectivity index (χ2v) is 6.32. The van der Waals surface area contributed by atoms with Crippen LogP contribution in [0.5, 0.6) is 0 Å². The zero-order chi connectivity index (χ0) is 13.9. The lowest BCUT2D eigenvalue weighted by molar-refractivity contribution is 0.133. The Morgan fingerprint density at radius 2 is 1.61 bits per heavy atom. The molecule has 0 fully saturated rings. The number of aliphatic hydroxyl groups is 1. The minimum atomic E-state index is -0.812. The fourth-order valence-electron chi connectivity index (χ4n) is 2.41. The maximum atomic E-state index is 13.0. The highest BCUT2D eigenvalue weighted by Gasteiger charge is 2.19. The van der Waals surface area contributed by atoms with Gasteiger partial charge in [-0.25, -0.2) is 8.78 Å². The van der Waals surface area contributed by atoms with Gasteiger partial charge in [0.2, 0.25) is 0 Å². The van der Waals surface area contributed by atoms with Crippen molar-refractivity contribution in [2.24, 2.45) is 11.3 Å². The van der Waals surface area contributed by atoms with E-state index in [4.69, 9.17) is 0 Å². The van der Waals surface area contributed by atoms with Crippen molar-refractivity contribution in [1.29, 1.82) is 0 Å². The standard InChI is InChI=1S/C15H22F2O/c1-10(9-15(2,3)4)5-14(18)11-6-12(16)8-13(17)7-11/h6-8,10,14,18H,5,9H2,1-4H3. The van der Waals surface area contributed by atoms with E-state index in [1.54, 1.807) is 0 Å². The van der Waals surface area contributed by atoms with E-state index in [0.717, 1.165) is 12.5 Å². The van der Waals surface area contributed by atoms with Gasteiger partial charge in [-0.05, 0) is 41.9 Å². The maximum Gasteiger partial charge on any atom is 0.126 e. The van der Waals surface area contributed by atoms with Crippen LogP contribution in [-0.4, -0.2) is 5.11 Å². The van der Waals surface area contributed by atoms with Crippen molar-refractivity contribution < 1.29 is 13.9 Å². The first-order chi connectivity index (χ1) is 8.17. The summed E-state index contributed by atoms with van der Waals surface area (Å²) in [6.07, 6.45) is 0.662. The van der Waals surface area contributed by atoms with Crippen molar-refractivity contribution in [2.45, 2.75) is 46.6 Å². The van der Waals surface area contributed by atoms with Crippen LogP contribution in [0.15, 0.2) is 18.2 Å². The van der Waals surface area contributed by atoms with Gasteiger partial charge in [-0.2, -0.15) is 0 Å². The van der Waals surface area contributed by atoms with Crippen LogP contribution in [0.3, 0.4) is 0 Å². The predicted molar refractivity (Wildman–Crippen MR) is 69.2 cm³/mol. The van der Waals surface area contributed by atoms with E-state index in [0.29, 0.717) is 17.9 Å². The third-order valence-corrected chi connectivity index (χ3v) is 2.86. The molecule has 0 radical (unpaired) electrons. The van der Waals surface area contributed by atoms with Crippen LogP contribution in [0.25, 0.3) is 0 Å². The third-order valence-electron chi connectivity index (χ3n) is 2.86. The van der Waals surface area contributed by atoms with Gasteiger partial charge in [-0.15, -0.1) is 0 Å². The first kappa shape index (κ1) is 15.1. The van der Waals surface area contributed by atoms with Crippen LogP contribution >= 0.6 is 0 Å². The first-order valence-electron chi connectivity index (χ1n) is 6.31. The molecule has 0 bridgehead atoms. The smallest absolute Gasteiger partial charge is 0.126 e. The van der Waals surface area contributed by atoms with Crippen molar-refractivity contribution in [2.75, 3.05) is 0 Å². The maximum absolute atomic E-state index is 13.0. The van der Waals surface area contributed by atoms with Gasteiger partial charge in [0.25, 0.3) is 0 Å². The molecule has 0 saturated heterocycles. The molecule has 1 nitrogen and oxygen atoms in total. The molecule has 1 aromatic carbocycles. The van der Waals surface area contributed by atoms with Gasteiger partial charge in [0.15, 0.2) is 0 Å². The van der Waals surface area contributed by atoms with Crippen LogP contribution in [0, 0.1) is 23.0 Å². The predicted octanol–water partition coefficient (Wildman–Crippen LogP) is 4.46. The number of hydrogen-bond donors (Lipinski definition) is 1. The molecule has 1 aromatic rings. The van der Waals surface area contributed by atoms with Crippen LogP contribution in [0.1, 0.15) is 52.2 Å². The zero-order valence-electron chi connectivity index (χ0n) is 11.5. The van der Waals surface area contributed by atoms with Crippen molar-refractivity contribution in [3.8, 4) is 0 Å². The number of halogens is 2. The molecular formula is C15H22F2O. The average molecular weight is 256 g/mol. The van der Waals surface area contributed by atoms with Gasteiger partial charge in [0.1, 0.15) is 11.6 Å². The quantitative estimate of drug-likeness (QED) is 0.843. The van der Waals surface area contributed by atoms with Crippen molar-refractivity contribution in [3.05, 3.63) is 35.4 Å². The van der Waals surface area contributed by atoms with Gasteiger partial charge in [0, 0.05) is 6.07 Å². The second-order valence-electron chi connectivity index (χ2n) is 6.32. The summed E-state index contributed by atoms with van der Waals surface area (Å²) in [7, 11) is 0. The molecule has 0 aliphatic rings. The van der Waals surface area contributed by atoms with Gasteiger partial charge in [-0.3, -0.25) is 0 Å². The molecule has 2 atom stereocenters. The van der Waals surface area contributed by atoms with Crippen molar-refractivity contribution in [3.63, 3.8) is 0 Å². The number of rotatable bonds is 4. The lowest BCUT2D eigenvalue weighted by Crippen LogP contribution is -2.13. The summed E-state index contributed by atoms with van der Waals surface area (Å²) in [5.74, 6) is -0.994. The van der Waals surface area contributed by atoms with Gasteiger partial charge < -0.3 is 5.11 Å². The Kier molecular flexibility index (Phi) is 4.85. The Balaban J connectivity index is 2.67. The molecule has 0 aromatic heterocycles. The molecule has 0 spiro atoms. The van der Waals surface area contributed by atoms with Crippen LogP contribution in [0.4, 0.5) is 8.78 Å². The molecule has 0 saturated carbocycles. The Labute approximate surface area is 108 Å². The second kappa shape index (κ2) is 5.79. The van der Waals surface area contributed by atoms with Gasteiger partial charge >= 0.3 is 0 Å². The summed E-state index contributed by atoms with van der Waals surface area (Å²) >= 11 is 0. The molecular weight excluding hydrogens is 234 g/mol. The van der Waals surface area contributed by atoms with E-state index in [1.807, 2.05) is 6.92 Å². The van der Waals surface area contributed by atoms with Crippen molar-refractivity contribution >= 4 is 0 Å². The molecule has 2 unspecified atom stereocenters. The molecule has 1 rings (SSSR count). The molecule has 102 valence electrons. The normalized spacial score (nSPS) is 15.5. The molecule has 3 heteroatoms. The summed E-state index contributed by atoms with van der Waals surface area (Å²) in [6.45, 7) is 8.46. The largest absolute Gasteiger partial charge is 0.388 e. The summed E-state index contributed by atoms with van der Waals surface area (Å²) in [5, 5.41) is 10.0. The Morgan fingerprint density at radius 1 is 1.11 bits per heavy atom. The van der Waals surface area contributed by atoms with E-state index >= 15 is 0 Å². The highest BCUT2D eigenvalue weighted by molar-refractivity contribution is 5.20. The molecule has 0 amide bonds. The summed E-state index contributed by atoms with van der Waals surface area (Å²) in [4.78, 5) is 0. The zero-order valence-corrected chi connectivity index (χ0v) is 11.5. The van der Waals surface area contributed by atoms with E-state index in [1.165, 1.54) is 12.1 Å². The molecule has 0 aliphatic heterocycles. The van der Waals surface area contributed by atoms with E-state index in [9.17, 15) is 13.9 Å². The van der Waals surface area contributed by atoms with Crippen LogP contribution in [-0.2, 0) is 0 Å². The highest BCUT2D eigenvalue weighted by atomic mass is 19.1. The van der Waals surface area contributed by atoms with E-state index < -0.39 is 17.7 Å². The third kappa shape index (κ3) is 5.13. The fraction of sp³-hybridized carbons (Fsp3) is 0.600. The lowest BCUT2D eigenvalue weighted by atomic mass is 9.82. The average Bonchev–Trinajstić information content (AvgIpc) is 2.12. The highest BCUT2D eigenvalue weighted by Crippen LogP contribution is 2.30. The lowest BCUT2D eigenvalue weighted by Gasteiger charge is -2.25. The van der Waals surface area contributed by atoms with Crippen LogP contribution in [0.2, 0.25) is 0 Å².